The number of piperidine rings is 3. The number of carbonyl (C=O) groups is 1. The first-order valence-electron chi connectivity index (χ1n) is 4.54. The fourth-order valence-electron chi connectivity index (χ4n) is 2.37. The fraction of sp³-hybridized carbons (Fsp3) is 0.875. The second-order valence-electron chi connectivity index (χ2n) is 3.75. The van der Waals surface area contributed by atoms with Crippen molar-refractivity contribution in [3.63, 3.8) is 0 Å². The van der Waals surface area contributed by atoms with Crippen molar-refractivity contribution in [3.05, 3.63) is 0 Å². The number of rotatable bonds is 1. The first-order valence-corrected chi connectivity index (χ1v) is 4.54. The summed E-state index contributed by atoms with van der Waals surface area (Å²) in [6, 6.07) is 0. The Morgan fingerprint density at radius 1 is 1.42 bits per heavy atom. The van der Waals surface area contributed by atoms with Gasteiger partial charge >= 0.3 is 0 Å². The van der Waals surface area contributed by atoms with Gasteiger partial charge in [-0.2, -0.15) is 0 Å². The third-order valence-electron chi connectivity index (χ3n) is 3.14. The first-order chi connectivity index (χ1) is 5.81. The molecule has 1 unspecified atom stereocenters. The Kier molecular flexibility index (Phi) is 2.02. The molecule has 0 aromatic rings. The van der Waals surface area contributed by atoms with Gasteiger partial charge in [0.15, 0.2) is 0 Å². The molecule has 3 saturated heterocycles. The number of amides is 1. The van der Waals surface area contributed by atoms with E-state index in [-0.39, 0.29) is 11.8 Å². The van der Waals surface area contributed by atoms with Crippen molar-refractivity contribution in [3.8, 4) is 0 Å². The number of hydrazine groups is 1. The normalized spacial score (nSPS) is 39.6. The summed E-state index contributed by atoms with van der Waals surface area (Å²) >= 11 is 0. The number of nitrogens with one attached hydrogen (secondary N) is 1. The topological polar surface area (TPSA) is 58.4 Å². The van der Waals surface area contributed by atoms with E-state index in [4.69, 9.17) is 5.84 Å². The minimum Gasteiger partial charge on any atom is -0.303 e. The van der Waals surface area contributed by atoms with E-state index in [0.717, 1.165) is 19.4 Å². The van der Waals surface area contributed by atoms with Crippen molar-refractivity contribution >= 4 is 5.91 Å². The van der Waals surface area contributed by atoms with Gasteiger partial charge in [0, 0.05) is 6.54 Å². The van der Waals surface area contributed by atoms with E-state index in [2.05, 4.69) is 10.3 Å². The van der Waals surface area contributed by atoms with Gasteiger partial charge in [0.05, 0.1) is 5.92 Å². The van der Waals surface area contributed by atoms with Gasteiger partial charge in [-0.15, -0.1) is 0 Å². The molecule has 1 amide bonds. The predicted molar refractivity (Wildman–Crippen MR) is 45.0 cm³/mol. The van der Waals surface area contributed by atoms with E-state index in [0.29, 0.717) is 5.92 Å². The van der Waals surface area contributed by atoms with Crippen molar-refractivity contribution < 1.29 is 4.79 Å². The van der Waals surface area contributed by atoms with Crippen molar-refractivity contribution in [1.29, 1.82) is 0 Å². The maximum absolute atomic E-state index is 11.3. The van der Waals surface area contributed by atoms with Gasteiger partial charge in [-0.05, 0) is 31.8 Å². The van der Waals surface area contributed by atoms with Crippen LogP contribution in [-0.4, -0.2) is 30.4 Å². The van der Waals surface area contributed by atoms with Gasteiger partial charge in [0.25, 0.3) is 0 Å². The largest absolute Gasteiger partial charge is 0.303 e. The zero-order chi connectivity index (χ0) is 8.55. The Balaban J connectivity index is 2.03. The quantitative estimate of drug-likeness (QED) is 0.310. The number of nitrogens with zero attached hydrogens (tertiary/aromatic N) is 1. The average molecular weight is 169 g/mol. The summed E-state index contributed by atoms with van der Waals surface area (Å²) in [5, 5.41) is 0. The molecule has 0 spiro atoms. The SMILES string of the molecule is NNC(=O)C1CN2CCC1CC2. The highest BCUT2D eigenvalue weighted by Gasteiger charge is 2.37. The minimum atomic E-state index is 0.0180. The van der Waals surface area contributed by atoms with E-state index in [1.807, 2.05) is 0 Å². The Morgan fingerprint density at radius 2 is 2.08 bits per heavy atom. The molecular formula is C8H15N3O. The van der Waals surface area contributed by atoms with E-state index in [1.54, 1.807) is 0 Å². The van der Waals surface area contributed by atoms with Crippen LogP contribution in [0, 0.1) is 11.8 Å². The molecule has 12 heavy (non-hydrogen) atoms. The van der Waals surface area contributed by atoms with Crippen LogP contribution in [0.1, 0.15) is 12.8 Å². The molecule has 3 aliphatic rings. The van der Waals surface area contributed by atoms with Crippen LogP contribution in [0.15, 0.2) is 0 Å². The molecule has 0 saturated carbocycles. The Bertz CT molecular complexity index is 187. The summed E-state index contributed by atoms with van der Waals surface area (Å²) in [7, 11) is 0. The van der Waals surface area contributed by atoms with Crippen LogP contribution >= 0.6 is 0 Å². The molecule has 1 atom stereocenters. The summed E-state index contributed by atoms with van der Waals surface area (Å²) < 4.78 is 0. The Hall–Kier alpha value is -0.610. The predicted octanol–water partition coefficient (Wildman–Crippen LogP) is -0.682. The highest BCUT2D eigenvalue weighted by Crippen LogP contribution is 2.31. The molecule has 3 N–H and O–H groups in total. The smallest absolute Gasteiger partial charge is 0.238 e. The lowest BCUT2D eigenvalue weighted by atomic mass is 9.79. The second kappa shape index (κ2) is 3.03. The molecular weight excluding hydrogens is 154 g/mol. The highest BCUT2D eigenvalue weighted by molar-refractivity contribution is 5.78. The molecule has 3 aliphatic heterocycles. The molecule has 3 rings (SSSR count). The summed E-state index contributed by atoms with van der Waals surface area (Å²) in [6.07, 6.45) is 2.33. The summed E-state index contributed by atoms with van der Waals surface area (Å²) in [5.41, 5.74) is 2.25. The zero-order valence-corrected chi connectivity index (χ0v) is 7.12. The molecule has 0 aromatic heterocycles. The van der Waals surface area contributed by atoms with Gasteiger partial charge in [0.1, 0.15) is 0 Å². The number of nitrogens with two attached hydrogens (primary N) is 1. The molecule has 3 heterocycles. The van der Waals surface area contributed by atoms with Crippen LogP contribution in [0.25, 0.3) is 0 Å². The summed E-state index contributed by atoms with van der Waals surface area (Å²) in [4.78, 5) is 13.6. The summed E-state index contributed by atoms with van der Waals surface area (Å²) in [5.74, 6) is 5.87. The van der Waals surface area contributed by atoms with Crippen LogP contribution in [-0.2, 0) is 4.79 Å². The molecule has 0 aliphatic carbocycles. The third kappa shape index (κ3) is 1.21. The van der Waals surface area contributed by atoms with Gasteiger partial charge < -0.3 is 4.90 Å². The number of carbonyl (C=O) groups excluding carboxylic acids is 1. The number of fused-ring (bicyclic) bond motifs is 3. The van der Waals surface area contributed by atoms with E-state index >= 15 is 0 Å². The number of hydrogen-bond acceptors (Lipinski definition) is 3. The van der Waals surface area contributed by atoms with Crippen LogP contribution in [0.4, 0.5) is 0 Å². The van der Waals surface area contributed by atoms with Crippen LogP contribution in [0.3, 0.4) is 0 Å². The lowest BCUT2D eigenvalue weighted by molar-refractivity contribution is -0.131. The molecule has 0 aromatic carbocycles. The van der Waals surface area contributed by atoms with Crippen molar-refractivity contribution in [2.24, 2.45) is 17.7 Å². The molecule has 0 radical (unpaired) electrons. The Morgan fingerprint density at radius 3 is 2.50 bits per heavy atom. The average Bonchev–Trinajstić information content (AvgIpc) is 2.18. The van der Waals surface area contributed by atoms with Gasteiger partial charge in [-0.3, -0.25) is 10.2 Å². The second-order valence-corrected chi connectivity index (χ2v) is 3.75. The molecule has 3 fully saturated rings. The van der Waals surface area contributed by atoms with Crippen molar-refractivity contribution in [2.45, 2.75) is 12.8 Å². The molecule has 68 valence electrons. The molecule has 4 nitrogen and oxygen atoms in total. The van der Waals surface area contributed by atoms with Gasteiger partial charge in [0.2, 0.25) is 5.91 Å². The first kappa shape index (κ1) is 8.01. The van der Waals surface area contributed by atoms with Crippen molar-refractivity contribution in [1.82, 2.24) is 10.3 Å². The van der Waals surface area contributed by atoms with Gasteiger partial charge in [-0.1, -0.05) is 0 Å². The lowest BCUT2D eigenvalue weighted by Crippen LogP contribution is -2.53. The maximum Gasteiger partial charge on any atom is 0.238 e. The highest BCUT2D eigenvalue weighted by atomic mass is 16.2. The van der Waals surface area contributed by atoms with E-state index < -0.39 is 0 Å². The Labute approximate surface area is 72.1 Å². The van der Waals surface area contributed by atoms with E-state index in [9.17, 15) is 4.79 Å². The third-order valence-corrected chi connectivity index (χ3v) is 3.14. The maximum atomic E-state index is 11.3. The molecule has 2 bridgehead atoms. The zero-order valence-electron chi connectivity index (χ0n) is 7.12. The van der Waals surface area contributed by atoms with Crippen LogP contribution < -0.4 is 11.3 Å². The lowest BCUT2D eigenvalue weighted by Gasteiger charge is -2.43. The number of hydrogen-bond donors (Lipinski definition) is 2. The molecule has 4 heteroatoms. The van der Waals surface area contributed by atoms with E-state index in [1.165, 1.54) is 13.1 Å². The monoisotopic (exact) mass is 169 g/mol. The fourth-order valence-corrected chi connectivity index (χ4v) is 2.37. The standard InChI is InChI=1S/C8H15N3O/c9-10-8(12)7-5-11-3-1-6(7)2-4-11/h6-7H,1-5,9H2,(H,10,12). The van der Waals surface area contributed by atoms with Crippen molar-refractivity contribution in [2.75, 3.05) is 19.6 Å². The van der Waals surface area contributed by atoms with Crippen LogP contribution in [0.5, 0.6) is 0 Å². The van der Waals surface area contributed by atoms with Crippen LogP contribution in [0.2, 0.25) is 0 Å². The summed E-state index contributed by atoms with van der Waals surface area (Å²) in [6.45, 7) is 3.24. The minimum absolute atomic E-state index is 0.0180. The van der Waals surface area contributed by atoms with Gasteiger partial charge in [-0.25, -0.2) is 5.84 Å².